The van der Waals surface area contributed by atoms with Crippen LogP contribution < -0.4 is 10.2 Å². The summed E-state index contributed by atoms with van der Waals surface area (Å²) in [5, 5.41) is 5.62. The van der Waals surface area contributed by atoms with Crippen LogP contribution in [0.5, 0.6) is 5.75 Å². The summed E-state index contributed by atoms with van der Waals surface area (Å²) in [4.78, 5) is 12.2. The topological polar surface area (TPSA) is 88.1 Å². The van der Waals surface area contributed by atoms with Crippen molar-refractivity contribution in [1.29, 1.82) is 0 Å². The van der Waals surface area contributed by atoms with Gasteiger partial charge >= 0.3 is 0 Å². The first-order valence-electron chi connectivity index (χ1n) is 8.81. The first-order chi connectivity index (χ1) is 13.9. The summed E-state index contributed by atoms with van der Waals surface area (Å²) < 4.78 is 31.7. The summed E-state index contributed by atoms with van der Waals surface area (Å²) in [5.74, 6) is 0.123. The van der Waals surface area contributed by atoms with Gasteiger partial charge in [0.15, 0.2) is 0 Å². The van der Waals surface area contributed by atoms with Crippen LogP contribution in [0.2, 0.25) is 0 Å². The quantitative estimate of drug-likeness (QED) is 0.478. The average molecular weight is 411 g/mol. The zero-order valence-corrected chi connectivity index (χ0v) is 16.9. The van der Waals surface area contributed by atoms with Crippen molar-refractivity contribution in [2.75, 3.05) is 20.7 Å². The van der Waals surface area contributed by atoms with Crippen molar-refractivity contribution in [2.24, 2.45) is 5.10 Å². The van der Waals surface area contributed by atoms with E-state index < -0.39 is 15.9 Å². The molecule has 3 aromatic carbocycles. The SMILES string of the molecule is COc1cccc(/C=N\NC(=O)CN(C)S(=O)(=O)c2ccc3ccccc3c2)c1. The van der Waals surface area contributed by atoms with Crippen molar-refractivity contribution in [3.63, 3.8) is 0 Å². The van der Waals surface area contributed by atoms with E-state index in [2.05, 4.69) is 10.5 Å². The predicted octanol–water partition coefficient (Wildman–Crippen LogP) is 2.62. The third-order valence-corrected chi connectivity index (χ3v) is 6.09. The number of nitrogens with one attached hydrogen (secondary N) is 1. The molecule has 0 radical (unpaired) electrons. The van der Waals surface area contributed by atoms with Crippen molar-refractivity contribution in [3.05, 3.63) is 72.3 Å². The molecular weight excluding hydrogens is 390 g/mol. The number of carbonyl (C=O) groups is 1. The highest BCUT2D eigenvalue weighted by molar-refractivity contribution is 7.89. The van der Waals surface area contributed by atoms with Crippen LogP contribution in [0.1, 0.15) is 5.56 Å². The molecule has 0 aliphatic rings. The van der Waals surface area contributed by atoms with E-state index in [-0.39, 0.29) is 11.4 Å². The van der Waals surface area contributed by atoms with Crippen molar-refractivity contribution in [1.82, 2.24) is 9.73 Å². The van der Waals surface area contributed by atoms with E-state index in [0.29, 0.717) is 5.75 Å². The number of rotatable bonds is 7. The van der Waals surface area contributed by atoms with Gasteiger partial charge < -0.3 is 4.74 Å². The number of carbonyl (C=O) groups excluding carboxylic acids is 1. The number of fused-ring (bicyclic) bond motifs is 1. The molecule has 8 heteroatoms. The van der Waals surface area contributed by atoms with E-state index in [1.807, 2.05) is 24.3 Å². The molecular formula is C21H21N3O4S. The zero-order chi connectivity index (χ0) is 20.9. The van der Waals surface area contributed by atoms with Gasteiger partial charge in [0.1, 0.15) is 5.75 Å². The van der Waals surface area contributed by atoms with Crippen molar-refractivity contribution in [2.45, 2.75) is 4.90 Å². The van der Waals surface area contributed by atoms with Crippen LogP contribution in [-0.4, -0.2) is 45.5 Å². The molecule has 0 saturated carbocycles. The molecule has 1 N–H and O–H groups in total. The Morgan fingerprint density at radius 3 is 2.59 bits per heavy atom. The minimum Gasteiger partial charge on any atom is -0.497 e. The molecule has 0 bridgehead atoms. The van der Waals surface area contributed by atoms with Gasteiger partial charge in [-0.3, -0.25) is 4.79 Å². The number of likely N-dealkylation sites (N-methyl/N-ethyl adjacent to an activating group) is 1. The molecule has 1 amide bonds. The van der Waals surface area contributed by atoms with Crippen LogP contribution in [0.25, 0.3) is 10.8 Å². The van der Waals surface area contributed by atoms with Crippen LogP contribution in [0.3, 0.4) is 0 Å². The minimum absolute atomic E-state index is 0.131. The highest BCUT2D eigenvalue weighted by Crippen LogP contribution is 2.21. The van der Waals surface area contributed by atoms with Crippen LogP contribution in [0.15, 0.2) is 76.7 Å². The molecule has 7 nitrogen and oxygen atoms in total. The Hall–Kier alpha value is -3.23. The summed E-state index contributed by atoms with van der Waals surface area (Å²) in [6.45, 7) is -0.357. The monoisotopic (exact) mass is 411 g/mol. The number of methoxy groups -OCH3 is 1. The smallest absolute Gasteiger partial charge is 0.255 e. The predicted molar refractivity (Wildman–Crippen MR) is 112 cm³/mol. The Morgan fingerprint density at radius 1 is 1.07 bits per heavy atom. The maximum atomic E-state index is 12.8. The lowest BCUT2D eigenvalue weighted by Gasteiger charge is -2.16. The van der Waals surface area contributed by atoms with Gasteiger partial charge in [0.25, 0.3) is 5.91 Å². The normalized spacial score (nSPS) is 11.8. The Bertz CT molecular complexity index is 1160. The second kappa shape index (κ2) is 8.85. The maximum absolute atomic E-state index is 12.8. The molecule has 0 aliphatic carbocycles. The molecule has 150 valence electrons. The molecule has 0 spiro atoms. The van der Waals surface area contributed by atoms with Gasteiger partial charge in [-0.1, -0.05) is 42.5 Å². The first kappa shape index (κ1) is 20.5. The molecule has 3 rings (SSSR count). The second-order valence-electron chi connectivity index (χ2n) is 6.34. The van der Waals surface area contributed by atoms with Crippen LogP contribution in [-0.2, 0) is 14.8 Å². The molecule has 0 heterocycles. The van der Waals surface area contributed by atoms with Crippen molar-refractivity contribution < 1.29 is 17.9 Å². The van der Waals surface area contributed by atoms with E-state index >= 15 is 0 Å². The molecule has 3 aromatic rings. The summed E-state index contributed by atoms with van der Waals surface area (Å²) in [6, 6.07) is 19.5. The van der Waals surface area contributed by atoms with E-state index in [1.165, 1.54) is 19.3 Å². The number of hydrogen-bond acceptors (Lipinski definition) is 5. The number of hydrazone groups is 1. The molecule has 0 aromatic heterocycles. The molecule has 0 saturated heterocycles. The maximum Gasteiger partial charge on any atom is 0.255 e. The highest BCUT2D eigenvalue weighted by Gasteiger charge is 2.23. The second-order valence-corrected chi connectivity index (χ2v) is 8.38. The summed E-state index contributed by atoms with van der Waals surface area (Å²) in [6.07, 6.45) is 1.46. The van der Waals surface area contributed by atoms with Gasteiger partial charge in [0.05, 0.1) is 24.8 Å². The number of sulfonamides is 1. The van der Waals surface area contributed by atoms with Crippen molar-refractivity contribution >= 4 is 32.9 Å². The average Bonchev–Trinajstić information content (AvgIpc) is 2.73. The zero-order valence-electron chi connectivity index (χ0n) is 16.1. The Balaban J connectivity index is 1.65. The third kappa shape index (κ3) is 4.98. The summed E-state index contributed by atoms with van der Waals surface area (Å²) >= 11 is 0. The highest BCUT2D eigenvalue weighted by atomic mass is 32.2. The number of hydrogen-bond donors (Lipinski definition) is 1. The number of nitrogens with zero attached hydrogens (tertiary/aromatic N) is 2. The standard InChI is InChI=1S/C21H21N3O4S/c1-24(15-21(25)23-22-14-16-6-5-9-19(12-16)28-2)29(26,27)20-11-10-17-7-3-4-8-18(17)13-20/h3-14H,15H2,1-2H3,(H,23,25)/b22-14-. The van der Waals surface area contributed by atoms with Gasteiger partial charge in [0, 0.05) is 7.05 Å². The largest absolute Gasteiger partial charge is 0.497 e. The molecule has 0 fully saturated rings. The number of amides is 1. The lowest BCUT2D eigenvalue weighted by molar-refractivity contribution is -0.121. The number of benzene rings is 3. The Kier molecular flexibility index (Phi) is 6.26. The van der Waals surface area contributed by atoms with Gasteiger partial charge in [-0.25, -0.2) is 13.8 Å². The van der Waals surface area contributed by atoms with Gasteiger partial charge in [-0.15, -0.1) is 0 Å². The van der Waals surface area contributed by atoms with Gasteiger partial charge in [0.2, 0.25) is 10.0 Å². The molecule has 0 atom stereocenters. The van der Waals surface area contributed by atoms with Crippen molar-refractivity contribution in [3.8, 4) is 5.75 Å². The van der Waals surface area contributed by atoms with E-state index in [0.717, 1.165) is 20.6 Å². The first-order valence-corrected chi connectivity index (χ1v) is 10.3. The number of ether oxygens (including phenoxy) is 1. The molecule has 29 heavy (non-hydrogen) atoms. The van der Waals surface area contributed by atoms with Crippen LogP contribution in [0.4, 0.5) is 0 Å². The minimum atomic E-state index is -3.81. The molecule has 0 unspecified atom stereocenters. The van der Waals surface area contributed by atoms with E-state index in [4.69, 9.17) is 4.74 Å². The molecule has 0 aliphatic heterocycles. The fourth-order valence-electron chi connectivity index (χ4n) is 2.73. The Labute approximate surface area is 169 Å². The fraction of sp³-hybridized carbons (Fsp3) is 0.143. The van der Waals surface area contributed by atoms with Crippen LogP contribution in [0, 0.1) is 0 Å². The summed E-state index contributed by atoms with van der Waals surface area (Å²) in [5.41, 5.74) is 3.07. The van der Waals surface area contributed by atoms with Gasteiger partial charge in [-0.2, -0.15) is 9.41 Å². The Morgan fingerprint density at radius 2 is 1.83 bits per heavy atom. The lowest BCUT2D eigenvalue weighted by atomic mass is 10.1. The van der Waals surface area contributed by atoms with E-state index in [1.54, 1.807) is 43.5 Å². The van der Waals surface area contributed by atoms with E-state index in [9.17, 15) is 13.2 Å². The third-order valence-electron chi connectivity index (χ3n) is 4.29. The lowest BCUT2D eigenvalue weighted by Crippen LogP contribution is -2.36. The van der Waals surface area contributed by atoms with Gasteiger partial charge in [-0.05, 0) is 40.6 Å². The van der Waals surface area contributed by atoms with Crippen LogP contribution >= 0.6 is 0 Å². The fourth-order valence-corrected chi connectivity index (χ4v) is 3.89. The summed E-state index contributed by atoms with van der Waals surface area (Å²) in [7, 11) is -0.891.